The summed E-state index contributed by atoms with van der Waals surface area (Å²) in [6, 6.07) is 0. The maximum absolute atomic E-state index is 5.61. The molecule has 1 heterocycles. The van der Waals surface area contributed by atoms with E-state index in [9.17, 15) is 0 Å². The van der Waals surface area contributed by atoms with Gasteiger partial charge in [0.2, 0.25) is 0 Å². The summed E-state index contributed by atoms with van der Waals surface area (Å²) in [7, 11) is 1.76. The molecule has 1 atom stereocenters. The van der Waals surface area contributed by atoms with Crippen LogP contribution in [0.5, 0.6) is 0 Å². The molecule has 3 nitrogen and oxygen atoms in total. The second kappa shape index (κ2) is 3.32. The zero-order valence-corrected chi connectivity index (χ0v) is 7.54. The van der Waals surface area contributed by atoms with E-state index in [0.717, 1.165) is 38.9 Å². The number of hydrogen-bond acceptors (Lipinski definition) is 3. The van der Waals surface area contributed by atoms with Gasteiger partial charge in [0.25, 0.3) is 0 Å². The summed E-state index contributed by atoms with van der Waals surface area (Å²) in [5.74, 6) is -0.279. The van der Waals surface area contributed by atoms with Crippen LogP contribution in [0, 0.1) is 0 Å². The molecule has 0 bridgehead atoms. The van der Waals surface area contributed by atoms with Crippen LogP contribution in [-0.2, 0) is 14.2 Å². The Labute approximate surface area is 73.0 Å². The topological polar surface area (TPSA) is 27.7 Å². The maximum atomic E-state index is 5.61. The highest BCUT2D eigenvalue weighted by Crippen LogP contribution is 2.36. The molecule has 1 aliphatic heterocycles. The van der Waals surface area contributed by atoms with Crippen LogP contribution >= 0.6 is 0 Å². The average Bonchev–Trinajstić information content (AvgIpc) is 2.53. The van der Waals surface area contributed by atoms with E-state index in [1.807, 2.05) is 0 Å². The van der Waals surface area contributed by atoms with E-state index in [0.29, 0.717) is 6.10 Å². The zero-order valence-electron chi connectivity index (χ0n) is 7.54. The van der Waals surface area contributed by atoms with Crippen LogP contribution < -0.4 is 0 Å². The van der Waals surface area contributed by atoms with Crippen LogP contribution in [0.25, 0.3) is 0 Å². The molecule has 70 valence electrons. The van der Waals surface area contributed by atoms with Gasteiger partial charge in [-0.2, -0.15) is 0 Å². The van der Waals surface area contributed by atoms with E-state index < -0.39 is 0 Å². The Morgan fingerprint density at radius 3 is 2.75 bits per heavy atom. The van der Waals surface area contributed by atoms with Gasteiger partial charge < -0.3 is 14.2 Å². The Hall–Kier alpha value is -0.120. The van der Waals surface area contributed by atoms with E-state index in [4.69, 9.17) is 14.2 Å². The molecule has 2 rings (SSSR count). The minimum Gasteiger partial charge on any atom is -0.381 e. The minimum atomic E-state index is -0.279. The van der Waals surface area contributed by atoms with Gasteiger partial charge in [0.1, 0.15) is 0 Å². The van der Waals surface area contributed by atoms with E-state index in [1.54, 1.807) is 7.11 Å². The Morgan fingerprint density at radius 1 is 1.33 bits per heavy atom. The van der Waals surface area contributed by atoms with Gasteiger partial charge in [0, 0.05) is 20.0 Å². The monoisotopic (exact) mass is 172 g/mol. The van der Waals surface area contributed by atoms with E-state index >= 15 is 0 Å². The molecule has 0 N–H and O–H groups in total. The standard InChI is InChI=1S/C9H16O3/c1-10-8-3-2-4-9(7-8)11-5-6-12-9/h8H,2-7H2,1H3. The lowest BCUT2D eigenvalue weighted by Crippen LogP contribution is -2.39. The molecular formula is C9H16O3. The molecule has 0 aromatic carbocycles. The highest BCUT2D eigenvalue weighted by Gasteiger charge is 2.41. The second-order valence-corrected chi connectivity index (χ2v) is 3.56. The highest BCUT2D eigenvalue weighted by molar-refractivity contribution is 4.83. The summed E-state index contributed by atoms with van der Waals surface area (Å²) < 4.78 is 16.5. The molecule has 0 amide bonds. The highest BCUT2D eigenvalue weighted by atomic mass is 16.7. The van der Waals surface area contributed by atoms with Crippen LogP contribution in [-0.4, -0.2) is 32.2 Å². The van der Waals surface area contributed by atoms with Crippen LogP contribution in [0.3, 0.4) is 0 Å². The fraction of sp³-hybridized carbons (Fsp3) is 1.00. The predicted molar refractivity (Wildman–Crippen MR) is 43.9 cm³/mol. The maximum Gasteiger partial charge on any atom is 0.170 e. The fourth-order valence-electron chi connectivity index (χ4n) is 2.11. The van der Waals surface area contributed by atoms with Crippen molar-refractivity contribution in [3.8, 4) is 0 Å². The molecule has 0 radical (unpaired) electrons. The summed E-state index contributed by atoms with van der Waals surface area (Å²) in [6.45, 7) is 1.49. The summed E-state index contributed by atoms with van der Waals surface area (Å²) in [6.07, 6.45) is 4.57. The van der Waals surface area contributed by atoms with Gasteiger partial charge in [-0.3, -0.25) is 0 Å². The van der Waals surface area contributed by atoms with Crippen molar-refractivity contribution in [1.82, 2.24) is 0 Å². The van der Waals surface area contributed by atoms with Crippen molar-refractivity contribution in [2.75, 3.05) is 20.3 Å². The van der Waals surface area contributed by atoms with Gasteiger partial charge >= 0.3 is 0 Å². The van der Waals surface area contributed by atoms with E-state index in [-0.39, 0.29) is 5.79 Å². The van der Waals surface area contributed by atoms with Crippen molar-refractivity contribution in [3.63, 3.8) is 0 Å². The summed E-state index contributed by atoms with van der Waals surface area (Å²) in [4.78, 5) is 0. The second-order valence-electron chi connectivity index (χ2n) is 3.56. The smallest absolute Gasteiger partial charge is 0.170 e. The Morgan fingerprint density at radius 2 is 2.08 bits per heavy atom. The molecule has 2 aliphatic rings. The van der Waals surface area contributed by atoms with Crippen molar-refractivity contribution >= 4 is 0 Å². The normalized spacial score (nSPS) is 34.2. The van der Waals surface area contributed by atoms with Crippen molar-refractivity contribution in [2.45, 2.75) is 37.6 Å². The number of ether oxygens (including phenoxy) is 3. The van der Waals surface area contributed by atoms with Gasteiger partial charge in [-0.1, -0.05) is 0 Å². The number of hydrogen-bond donors (Lipinski definition) is 0. The molecule has 1 aliphatic carbocycles. The van der Waals surface area contributed by atoms with Crippen LogP contribution in [0.4, 0.5) is 0 Å². The first kappa shape index (κ1) is 8.48. The van der Waals surface area contributed by atoms with Crippen LogP contribution in [0.1, 0.15) is 25.7 Å². The first-order valence-corrected chi connectivity index (χ1v) is 4.65. The number of methoxy groups -OCH3 is 1. The van der Waals surface area contributed by atoms with E-state index in [1.165, 1.54) is 0 Å². The lowest BCUT2D eigenvalue weighted by Gasteiger charge is -2.35. The molecule has 0 aromatic rings. The van der Waals surface area contributed by atoms with Gasteiger partial charge in [0.15, 0.2) is 5.79 Å². The Balaban J connectivity index is 1.97. The molecular weight excluding hydrogens is 156 g/mol. The Bertz CT molecular complexity index is 152. The molecule has 1 saturated carbocycles. The first-order valence-electron chi connectivity index (χ1n) is 4.65. The van der Waals surface area contributed by atoms with Gasteiger partial charge in [-0.05, 0) is 12.8 Å². The molecule has 1 spiro atoms. The molecule has 1 unspecified atom stereocenters. The SMILES string of the molecule is COC1CCCC2(C1)OCCO2. The lowest BCUT2D eigenvalue weighted by molar-refractivity contribution is -0.198. The summed E-state index contributed by atoms with van der Waals surface area (Å²) in [5.41, 5.74) is 0. The molecule has 3 heteroatoms. The summed E-state index contributed by atoms with van der Waals surface area (Å²) >= 11 is 0. The number of rotatable bonds is 1. The van der Waals surface area contributed by atoms with Crippen LogP contribution in [0.2, 0.25) is 0 Å². The van der Waals surface area contributed by atoms with E-state index in [2.05, 4.69) is 0 Å². The predicted octanol–water partition coefficient (Wildman–Crippen LogP) is 1.32. The van der Waals surface area contributed by atoms with Crippen molar-refractivity contribution in [1.29, 1.82) is 0 Å². The largest absolute Gasteiger partial charge is 0.381 e. The molecule has 12 heavy (non-hydrogen) atoms. The third-order valence-corrected chi connectivity index (χ3v) is 2.77. The van der Waals surface area contributed by atoms with Crippen molar-refractivity contribution < 1.29 is 14.2 Å². The Kier molecular flexibility index (Phi) is 2.35. The van der Waals surface area contributed by atoms with Crippen molar-refractivity contribution in [2.24, 2.45) is 0 Å². The average molecular weight is 172 g/mol. The summed E-state index contributed by atoms with van der Waals surface area (Å²) in [5, 5.41) is 0. The molecule has 2 fully saturated rings. The van der Waals surface area contributed by atoms with Gasteiger partial charge in [-0.15, -0.1) is 0 Å². The molecule has 1 saturated heterocycles. The lowest BCUT2D eigenvalue weighted by atomic mass is 9.92. The minimum absolute atomic E-state index is 0.279. The van der Waals surface area contributed by atoms with Crippen molar-refractivity contribution in [3.05, 3.63) is 0 Å². The zero-order chi connectivity index (χ0) is 8.44. The first-order chi connectivity index (χ1) is 5.85. The van der Waals surface area contributed by atoms with Crippen LogP contribution in [0.15, 0.2) is 0 Å². The third-order valence-electron chi connectivity index (χ3n) is 2.77. The van der Waals surface area contributed by atoms with Gasteiger partial charge in [-0.25, -0.2) is 0 Å². The third kappa shape index (κ3) is 1.49. The van der Waals surface area contributed by atoms with Gasteiger partial charge in [0.05, 0.1) is 19.3 Å². The quantitative estimate of drug-likeness (QED) is 0.597. The molecule has 0 aromatic heterocycles. The fourth-order valence-corrected chi connectivity index (χ4v) is 2.11.